The van der Waals surface area contributed by atoms with E-state index in [1.54, 1.807) is 33.4 Å². The summed E-state index contributed by atoms with van der Waals surface area (Å²) in [5, 5.41) is 0. The van der Waals surface area contributed by atoms with E-state index in [1.807, 2.05) is 0 Å². The van der Waals surface area contributed by atoms with Crippen molar-refractivity contribution in [2.24, 2.45) is 0 Å². The number of hydrogen-bond donors (Lipinski definition) is 0. The first kappa shape index (κ1) is 20.0. The van der Waals surface area contributed by atoms with Crippen molar-refractivity contribution in [2.45, 2.75) is 57.3 Å². The zero-order valence-electron chi connectivity index (χ0n) is 19.7. The zero-order valence-corrected chi connectivity index (χ0v) is 20.7. The Bertz CT molecular complexity index is 1290. The molecule has 0 aromatic heterocycles. The molecule has 0 nitrogen and oxygen atoms in total. The van der Waals surface area contributed by atoms with Gasteiger partial charge in [0.25, 0.3) is 0 Å². The summed E-state index contributed by atoms with van der Waals surface area (Å²) >= 11 is 0. The summed E-state index contributed by atoms with van der Waals surface area (Å²) in [6, 6.07) is 22.9. The zero-order chi connectivity index (χ0) is 22.0. The summed E-state index contributed by atoms with van der Waals surface area (Å²) in [7, 11) is -1.76. The third-order valence-corrected chi connectivity index (χ3v) is 12.8. The minimum atomic E-state index is -1.76. The quantitative estimate of drug-likeness (QED) is 0.365. The summed E-state index contributed by atoms with van der Waals surface area (Å²) in [5.41, 5.74) is 16.6. The molecule has 0 saturated carbocycles. The molecule has 3 aromatic carbocycles. The molecule has 160 valence electrons. The molecule has 0 aliphatic heterocycles. The van der Waals surface area contributed by atoms with E-state index in [-0.39, 0.29) is 0 Å². The van der Waals surface area contributed by atoms with Crippen LogP contribution in [-0.4, -0.2) is 8.07 Å². The normalized spacial score (nSPS) is 21.1. The van der Waals surface area contributed by atoms with Crippen molar-refractivity contribution in [1.82, 2.24) is 0 Å². The molecular formula is C31H32Si. The second-order valence-electron chi connectivity index (χ2n) is 10.7. The van der Waals surface area contributed by atoms with Gasteiger partial charge in [-0.05, 0) is 77.6 Å². The van der Waals surface area contributed by atoms with Crippen LogP contribution in [0.4, 0.5) is 0 Å². The maximum atomic E-state index is 2.64. The number of rotatable bonds is 3. The second kappa shape index (κ2) is 7.18. The fourth-order valence-corrected chi connectivity index (χ4v) is 12.2. The molecule has 0 amide bonds. The summed E-state index contributed by atoms with van der Waals surface area (Å²) in [4.78, 5) is 0. The minimum absolute atomic E-state index is 0.574. The number of benzene rings is 3. The molecule has 3 aliphatic rings. The molecule has 2 atom stereocenters. The van der Waals surface area contributed by atoms with Gasteiger partial charge in [-0.1, -0.05) is 97.1 Å². The molecule has 1 heteroatoms. The van der Waals surface area contributed by atoms with Crippen LogP contribution in [0.5, 0.6) is 0 Å². The first-order chi connectivity index (χ1) is 15.5. The maximum absolute atomic E-state index is 2.64. The topological polar surface area (TPSA) is 0 Å². The van der Waals surface area contributed by atoms with Crippen LogP contribution in [0.25, 0.3) is 23.3 Å². The lowest BCUT2D eigenvalue weighted by atomic mass is 9.89. The lowest BCUT2D eigenvalue weighted by Gasteiger charge is -2.39. The highest BCUT2D eigenvalue weighted by atomic mass is 28.3. The van der Waals surface area contributed by atoms with E-state index in [9.17, 15) is 0 Å². The predicted octanol–water partition coefficient (Wildman–Crippen LogP) is 8.33. The third kappa shape index (κ3) is 2.80. The van der Waals surface area contributed by atoms with E-state index in [2.05, 4.69) is 99.8 Å². The minimum Gasteiger partial charge on any atom is -0.0679 e. The molecule has 0 saturated heterocycles. The number of aryl methyl sites for hydroxylation is 1. The van der Waals surface area contributed by atoms with Crippen molar-refractivity contribution in [1.29, 1.82) is 0 Å². The van der Waals surface area contributed by atoms with Gasteiger partial charge in [-0.15, -0.1) is 0 Å². The average Bonchev–Trinajstić information content (AvgIpc) is 3.46. The molecule has 3 aliphatic carbocycles. The van der Waals surface area contributed by atoms with Crippen LogP contribution in [0.2, 0.25) is 13.1 Å². The van der Waals surface area contributed by atoms with Gasteiger partial charge in [0.15, 0.2) is 0 Å². The van der Waals surface area contributed by atoms with Crippen LogP contribution >= 0.6 is 0 Å². The fraction of sp³-hybridized carbons (Fsp3) is 0.290. The number of fused-ring (bicyclic) bond motifs is 3. The van der Waals surface area contributed by atoms with Gasteiger partial charge in [-0.25, -0.2) is 0 Å². The molecule has 0 bridgehead atoms. The van der Waals surface area contributed by atoms with Gasteiger partial charge < -0.3 is 0 Å². The van der Waals surface area contributed by atoms with Crippen LogP contribution in [-0.2, 0) is 12.8 Å². The van der Waals surface area contributed by atoms with Crippen LogP contribution in [0.1, 0.15) is 64.7 Å². The predicted molar refractivity (Wildman–Crippen MR) is 141 cm³/mol. The number of allylic oxidation sites excluding steroid dienone is 2. The SMILES string of the molecule is CC1=Cc2ccccc2C1[Si](C)(C)C1C(C)=Cc2c1cc1c(c2-c2ccccc2)CCC1. The Morgan fingerprint density at radius 3 is 2.25 bits per heavy atom. The Hall–Kier alpha value is -2.64. The van der Waals surface area contributed by atoms with Crippen molar-refractivity contribution in [3.63, 3.8) is 0 Å². The maximum Gasteiger partial charge on any atom is 0.0722 e. The van der Waals surface area contributed by atoms with Crippen LogP contribution in [0.3, 0.4) is 0 Å². The van der Waals surface area contributed by atoms with Gasteiger partial charge in [-0.2, -0.15) is 0 Å². The smallest absolute Gasteiger partial charge is 0.0679 e. The summed E-state index contributed by atoms with van der Waals surface area (Å²) in [5.74, 6) is 0. The lowest BCUT2D eigenvalue weighted by molar-refractivity contribution is 0.911. The van der Waals surface area contributed by atoms with Crippen LogP contribution < -0.4 is 0 Å². The highest BCUT2D eigenvalue weighted by molar-refractivity contribution is 6.81. The van der Waals surface area contributed by atoms with Crippen molar-refractivity contribution >= 4 is 20.2 Å². The van der Waals surface area contributed by atoms with Crippen molar-refractivity contribution in [3.8, 4) is 11.1 Å². The Balaban J connectivity index is 1.54. The summed E-state index contributed by atoms with van der Waals surface area (Å²) in [6.45, 7) is 10.1. The second-order valence-corrected chi connectivity index (χ2v) is 15.5. The van der Waals surface area contributed by atoms with E-state index >= 15 is 0 Å². The first-order valence-electron chi connectivity index (χ1n) is 12.2. The standard InChI is InChI=1S/C31H32Si/c1-20-17-23-13-8-9-15-26(23)30(20)32(3,4)31-21(2)18-27-28(31)19-24-14-10-16-25(24)29(27)22-11-6-5-7-12-22/h5-9,11-13,15,17-19,30-31H,10,14,16H2,1-4H3. The monoisotopic (exact) mass is 432 g/mol. The summed E-state index contributed by atoms with van der Waals surface area (Å²) < 4.78 is 0. The van der Waals surface area contributed by atoms with Gasteiger partial charge in [-0.3, -0.25) is 0 Å². The third-order valence-electron chi connectivity index (χ3n) is 8.31. The molecule has 2 unspecified atom stereocenters. The average molecular weight is 433 g/mol. The molecule has 0 fully saturated rings. The van der Waals surface area contributed by atoms with E-state index in [0.29, 0.717) is 11.1 Å². The van der Waals surface area contributed by atoms with Gasteiger partial charge in [0.05, 0.1) is 8.07 Å². The molecular weight excluding hydrogens is 400 g/mol. The van der Waals surface area contributed by atoms with Gasteiger partial charge in [0, 0.05) is 11.1 Å². The highest BCUT2D eigenvalue weighted by Gasteiger charge is 2.47. The molecule has 0 radical (unpaired) electrons. The Morgan fingerprint density at radius 2 is 1.44 bits per heavy atom. The van der Waals surface area contributed by atoms with E-state index < -0.39 is 8.07 Å². The van der Waals surface area contributed by atoms with Crippen molar-refractivity contribution in [2.75, 3.05) is 0 Å². The molecule has 32 heavy (non-hydrogen) atoms. The van der Waals surface area contributed by atoms with Crippen LogP contribution in [0.15, 0.2) is 71.8 Å². The van der Waals surface area contributed by atoms with Crippen molar-refractivity contribution in [3.05, 3.63) is 105 Å². The van der Waals surface area contributed by atoms with Gasteiger partial charge >= 0.3 is 0 Å². The molecule has 0 spiro atoms. The molecule has 0 heterocycles. The Labute approximate surface area is 193 Å². The van der Waals surface area contributed by atoms with E-state index in [4.69, 9.17) is 0 Å². The van der Waals surface area contributed by atoms with Gasteiger partial charge in [0.2, 0.25) is 0 Å². The van der Waals surface area contributed by atoms with E-state index in [1.165, 1.54) is 41.5 Å². The van der Waals surface area contributed by atoms with Crippen molar-refractivity contribution < 1.29 is 0 Å². The molecule has 0 N–H and O–H groups in total. The fourth-order valence-electron chi connectivity index (χ4n) is 7.29. The van der Waals surface area contributed by atoms with Gasteiger partial charge in [0.1, 0.15) is 0 Å². The number of hydrogen-bond acceptors (Lipinski definition) is 0. The van der Waals surface area contributed by atoms with Crippen LogP contribution in [0, 0.1) is 0 Å². The largest absolute Gasteiger partial charge is 0.0722 e. The Morgan fingerprint density at radius 1 is 0.750 bits per heavy atom. The Kier molecular flexibility index (Phi) is 4.49. The van der Waals surface area contributed by atoms with E-state index in [0.717, 1.165) is 0 Å². The summed E-state index contributed by atoms with van der Waals surface area (Å²) in [6.07, 6.45) is 8.76. The highest BCUT2D eigenvalue weighted by Crippen LogP contribution is 2.54. The molecule has 6 rings (SSSR count). The lowest BCUT2D eigenvalue weighted by Crippen LogP contribution is -2.42. The molecule has 3 aromatic rings. The first-order valence-corrected chi connectivity index (χ1v) is 15.3.